The summed E-state index contributed by atoms with van der Waals surface area (Å²) in [5.41, 5.74) is 0. The molecule has 1 aliphatic heterocycles. The second-order valence-electron chi connectivity index (χ2n) is 4.24. The quantitative estimate of drug-likeness (QED) is 0.638. The molecule has 2 aliphatic rings. The minimum atomic E-state index is -0.0516. The van der Waals surface area contributed by atoms with Crippen molar-refractivity contribution in [1.29, 1.82) is 0 Å². The molecule has 0 radical (unpaired) electrons. The molecule has 1 N–H and O–H groups in total. The summed E-state index contributed by atoms with van der Waals surface area (Å²) in [6, 6.07) is 0.804. The lowest BCUT2D eigenvalue weighted by Gasteiger charge is -2.39. The number of aliphatic hydroxyl groups is 1. The Hall–Kier alpha value is -0.0800. The molecule has 2 nitrogen and oxygen atoms in total. The molecule has 2 fully saturated rings. The van der Waals surface area contributed by atoms with Crippen LogP contribution in [-0.2, 0) is 0 Å². The van der Waals surface area contributed by atoms with Crippen molar-refractivity contribution in [3.05, 3.63) is 0 Å². The average Bonchev–Trinajstić information content (AvgIpc) is 2.50. The van der Waals surface area contributed by atoms with Gasteiger partial charge in [-0.05, 0) is 31.7 Å². The molecule has 0 aromatic rings. The molecule has 2 rings (SSSR count). The maximum atomic E-state index is 9.62. The van der Waals surface area contributed by atoms with Crippen molar-refractivity contribution in [2.75, 3.05) is 13.1 Å². The highest BCUT2D eigenvalue weighted by Crippen LogP contribution is 2.36. The highest BCUT2D eigenvalue weighted by Gasteiger charge is 2.37. The standard InChI is InChI=1S/C10H19NO/c1-2-11-7-9(12)6-8-4-3-5-10(8)11/h8-10,12H,2-7H2,1H3/t8-,9+,10-/m1/s1. The normalized spacial score (nSPS) is 43.0. The SMILES string of the molecule is CCN1C[C@@H](O)C[C@H]2CCC[C@H]21. The summed E-state index contributed by atoms with van der Waals surface area (Å²) < 4.78 is 0. The zero-order chi connectivity index (χ0) is 8.55. The Morgan fingerprint density at radius 1 is 1.42 bits per heavy atom. The lowest BCUT2D eigenvalue weighted by atomic mass is 9.90. The van der Waals surface area contributed by atoms with E-state index in [1.54, 1.807) is 0 Å². The number of aliphatic hydroxyl groups excluding tert-OH is 1. The van der Waals surface area contributed by atoms with E-state index in [0.29, 0.717) is 0 Å². The van der Waals surface area contributed by atoms with Crippen molar-refractivity contribution in [2.45, 2.75) is 44.8 Å². The number of piperidine rings is 1. The zero-order valence-electron chi connectivity index (χ0n) is 7.87. The zero-order valence-corrected chi connectivity index (χ0v) is 7.87. The van der Waals surface area contributed by atoms with E-state index in [1.165, 1.54) is 19.3 Å². The van der Waals surface area contributed by atoms with Crippen molar-refractivity contribution < 1.29 is 5.11 Å². The minimum absolute atomic E-state index is 0.0516. The number of fused-ring (bicyclic) bond motifs is 1. The summed E-state index contributed by atoms with van der Waals surface area (Å²) in [4.78, 5) is 2.46. The predicted molar refractivity (Wildman–Crippen MR) is 49.0 cm³/mol. The smallest absolute Gasteiger partial charge is 0.0670 e. The molecule has 0 bridgehead atoms. The maximum Gasteiger partial charge on any atom is 0.0670 e. The van der Waals surface area contributed by atoms with Gasteiger partial charge in [-0.15, -0.1) is 0 Å². The van der Waals surface area contributed by atoms with Crippen molar-refractivity contribution in [1.82, 2.24) is 4.90 Å². The summed E-state index contributed by atoms with van der Waals surface area (Å²) >= 11 is 0. The van der Waals surface area contributed by atoms with E-state index in [0.717, 1.165) is 31.5 Å². The van der Waals surface area contributed by atoms with Crippen LogP contribution in [0.15, 0.2) is 0 Å². The lowest BCUT2D eigenvalue weighted by Crippen LogP contribution is -2.48. The van der Waals surface area contributed by atoms with Gasteiger partial charge in [-0.25, -0.2) is 0 Å². The summed E-state index contributed by atoms with van der Waals surface area (Å²) in [5, 5.41) is 9.62. The second kappa shape index (κ2) is 3.35. The predicted octanol–water partition coefficient (Wildman–Crippen LogP) is 1.24. The third-order valence-corrected chi connectivity index (χ3v) is 3.51. The average molecular weight is 169 g/mol. The van der Waals surface area contributed by atoms with E-state index >= 15 is 0 Å². The van der Waals surface area contributed by atoms with Gasteiger partial charge in [-0.2, -0.15) is 0 Å². The molecule has 1 saturated heterocycles. The molecular weight excluding hydrogens is 150 g/mol. The van der Waals surface area contributed by atoms with Crippen LogP contribution in [0.25, 0.3) is 0 Å². The van der Waals surface area contributed by atoms with Crippen molar-refractivity contribution in [3.8, 4) is 0 Å². The molecular formula is C10H19NO. The Bertz CT molecular complexity index is 160. The molecule has 3 atom stereocenters. The van der Waals surface area contributed by atoms with Crippen molar-refractivity contribution in [2.24, 2.45) is 5.92 Å². The van der Waals surface area contributed by atoms with Gasteiger partial charge in [0, 0.05) is 12.6 Å². The first-order valence-electron chi connectivity index (χ1n) is 5.23. The summed E-state index contributed by atoms with van der Waals surface area (Å²) in [5.74, 6) is 0.800. The molecule has 0 spiro atoms. The summed E-state index contributed by atoms with van der Waals surface area (Å²) in [6.45, 7) is 4.23. The lowest BCUT2D eigenvalue weighted by molar-refractivity contribution is 0.0132. The van der Waals surface area contributed by atoms with Crippen LogP contribution in [0.2, 0.25) is 0 Å². The number of rotatable bonds is 1. The molecule has 0 unspecified atom stereocenters. The molecule has 0 amide bonds. The van der Waals surface area contributed by atoms with Gasteiger partial charge in [0.15, 0.2) is 0 Å². The van der Waals surface area contributed by atoms with Gasteiger partial charge >= 0.3 is 0 Å². The fourth-order valence-corrected chi connectivity index (χ4v) is 2.97. The third kappa shape index (κ3) is 1.38. The summed E-state index contributed by atoms with van der Waals surface area (Å²) in [6.07, 6.45) is 5.09. The van der Waals surface area contributed by atoms with Crippen molar-refractivity contribution >= 4 is 0 Å². The largest absolute Gasteiger partial charge is 0.392 e. The van der Waals surface area contributed by atoms with Gasteiger partial charge in [0.2, 0.25) is 0 Å². The van der Waals surface area contributed by atoms with Gasteiger partial charge in [0.1, 0.15) is 0 Å². The first-order valence-corrected chi connectivity index (χ1v) is 5.23. The third-order valence-electron chi connectivity index (χ3n) is 3.51. The number of likely N-dealkylation sites (tertiary alicyclic amines) is 1. The Kier molecular flexibility index (Phi) is 2.37. The first kappa shape index (κ1) is 8.52. The van der Waals surface area contributed by atoms with Crippen LogP contribution in [0, 0.1) is 5.92 Å². The summed E-state index contributed by atoms with van der Waals surface area (Å²) in [7, 11) is 0. The second-order valence-corrected chi connectivity index (χ2v) is 4.24. The van der Waals surface area contributed by atoms with E-state index in [1.807, 2.05) is 0 Å². The highest BCUT2D eigenvalue weighted by atomic mass is 16.3. The Morgan fingerprint density at radius 3 is 3.00 bits per heavy atom. The van der Waals surface area contributed by atoms with Gasteiger partial charge in [-0.3, -0.25) is 4.90 Å². The Morgan fingerprint density at radius 2 is 2.25 bits per heavy atom. The molecule has 12 heavy (non-hydrogen) atoms. The number of likely N-dealkylation sites (N-methyl/N-ethyl adjacent to an activating group) is 1. The minimum Gasteiger partial charge on any atom is -0.392 e. The number of hydrogen-bond acceptors (Lipinski definition) is 2. The van der Waals surface area contributed by atoms with E-state index in [-0.39, 0.29) is 6.10 Å². The van der Waals surface area contributed by atoms with E-state index in [2.05, 4.69) is 11.8 Å². The molecule has 1 aliphatic carbocycles. The molecule has 1 saturated carbocycles. The van der Waals surface area contributed by atoms with Gasteiger partial charge in [0.05, 0.1) is 6.10 Å². The van der Waals surface area contributed by atoms with Crippen LogP contribution < -0.4 is 0 Å². The monoisotopic (exact) mass is 169 g/mol. The fraction of sp³-hybridized carbons (Fsp3) is 1.00. The first-order chi connectivity index (χ1) is 5.81. The van der Waals surface area contributed by atoms with Crippen molar-refractivity contribution in [3.63, 3.8) is 0 Å². The van der Waals surface area contributed by atoms with Gasteiger partial charge in [-0.1, -0.05) is 13.3 Å². The maximum absolute atomic E-state index is 9.62. The number of β-amino-alcohol motifs (C(OH)–C–C–N with tert-alkyl or cyclic N) is 1. The van der Waals surface area contributed by atoms with E-state index in [4.69, 9.17) is 0 Å². The van der Waals surface area contributed by atoms with E-state index in [9.17, 15) is 5.11 Å². The van der Waals surface area contributed by atoms with Crippen LogP contribution in [0.1, 0.15) is 32.6 Å². The van der Waals surface area contributed by atoms with Crippen LogP contribution in [-0.4, -0.2) is 35.2 Å². The topological polar surface area (TPSA) is 23.5 Å². The highest BCUT2D eigenvalue weighted by molar-refractivity contribution is 4.91. The van der Waals surface area contributed by atoms with E-state index < -0.39 is 0 Å². The van der Waals surface area contributed by atoms with Crippen LogP contribution in [0.5, 0.6) is 0 Å². The van der Waals surface area contributed by atoms with Gasteiger partial charge in [0.25, 0.3) is 0 Å². The Balaban J connectivity index is 2.04. The molecule has 70 valence electrons. The van der Waals surface area contributed by atoms with Gasteiger partial charge < -0.3 is 5.11 Å². The molecule has 2 heteroatoms. The number of nitrogens with zero attached hydrogens (tertiary/aromatic N) is 1. The Labute approximate surface area is 74.6 Å². The van der Waals surface area contributed by atoms with Crippen LogP contribution >= 0.6 is 0 Å². The van der Waals surface area contributed by atoms with Crippen LogP contribution in [0.3, 0.4) is 0 Å². The molecule has 1 heterocycles. The van der Waals surface area contributed by atoms with Crippen LogP contribution in [0.4, 0.5) is 0 Å². The molecule has 0 aromatic heterocycles. The molecule has 0 aromatic carbocycles. The fourth-order valence-electron chi connectivity index (χ4n) is 2.97. The number of hydrogen-bond donors (Lipinski definition) is 1.